The van der Waals surface area contributed by atoms with E-state index in [1.54, 1.807) is 24.3 Å². The van der Waals surface area contributed by atoms with Crippen molar-refractivity contribution in [2.75, 3.05) is 11.1 Å². The molecule has 0 atom stereocenters. The molecule has 1 amide bonds. The second-order valence-corrected chi connectivity index (χ2v) is 3.24. The van der Waals surface area contributed by atoms with Crippen molar-refractivity contribution in [2.45, 2.75) is 0 Å². The molecule has 6 heteroatoms. The van der Waals surface area contributed by atoms with Crippen LogP contribution in [-0.4, -0.2) is 15.9 Å². The lowest BCUT2D eigenvalue weighted by atomic mass is 10.3. The molecule has 0 aliphatic rings. The summed E-state index contributed by atoms with van der Waals surface area (Å²) in [6, 6.07) is 6.78. The molecule has 16 heavy (non-hydrogen) atoms. The largest absolute Gasteiger partial charge is 0.399 e. The zero-order valence-electron chi connectivity index (χ0n) is 8.28. The zero-order chi connectivity index (χ0) is 11.5. The summed E-state index contributed by atoms with van der Waals surface area (Å²) >= 11 is 0. The smallest absolute Gasteiger partial charge is 0.323 e. The SMILES string of the molecule is Nc1cccc(NC(=O)c2c[nH]c(=O)[nH]2)c1. The van der Waals surface area contributed by atoms with Gasteiger partial charge in [-0.2, -0.15) is 0 Å². The van der Waals surface area contributed by atoms with Crippen molar-refractivity contribution in [3.05, 3.63) is 46.6 Å². The lowest BCUT2D eigenvalue weighted by molar-refractivity contribution is 0.102. The van der Waals surface area contributed by atoms with Crippen LogP contribution in [0.3, 0.4) is 0 Å². The van der Waals surface area contributed by atoms with Gasteiger partial charge in [-0.25, -0.2) is 4.79 Å². The van der Waals surface area contributed by atoms with E-state index >= 15 is 0 Å². The molecule has 0 aliphatic heterocycles. The summed E-state index contributed by atoms with van der Waals surface area (Å²) in [6.45, 7) is 0. The number of hydrogen-bond donors (Lipinski definition) is 4. The van der Waals surface area contributed by atoms with Gasteiger partial charge in [0.1, 0.15) is 5.69 Å². The average molecular weight is 218 g/mol. The van der Waals surface area contributed by atoms with Crippen molar-refractivity contribution in [1.82, 2.24) is 9.97 Å². The fourth-order valence-electron chi connectivity index (χ4n) is 1.27. The number of nitrogens with one attached hydrogen (secondary N) is 3. The molecule has 0 unspecified atom stereocenters. The minimum Gasteiger partial charge on any atom is -0.399 e. The van der Waals surface area contributed by atoms with Gasteiger partial charge >= 0.3 is 5.69 Å². The molecule has 82 valence electrons. The van der Waals surface area contributed by atoms with Gasteiger partial charge < -0.3 is 21.0 Å². The molecule has 0 aliphatic carbocycles. The highest BCUT2D eigenvalue weighted by Crippen LogP contribution is 2.12. The number of nitrogen functional groups attached to an aromatic ring is 1. The van der Waals surface area contributed by atoms with Crippen LogP contribution in [-0.2, 0) is 0 Å². The van der Waals surface area contributed by atoms with Gasteiger partial charge in [0.15, 0.2) is 0 Å². The molecule has 6 nitrogen and oxygen atoms in total. The molecule has 0 radical (unpaired) electrons. The van der Waals surface area contributed by atoms with Gasteiger partial charge in [0, 0.05) is 17.6 Å². The third kappa shape index (κ3) is 2.11. The first-order chi connectivity index (χ1) is 7.65. The molecule has 0 saturated heterocycles. The fraction of sp³-hybridized carbons (Fsp3) is 0. The normalized spacial score (nSPS) is 10.0. The molecule has 0 saturated carbocycles. The van der Waals surface area contributed by atoms with Crippen LogP contribution in [0.15, 0.2) is 35.3 Å². The third-order valence-electron chi connectivity index (χ3n) is 1.98. The second-order valence-electron chi connectivity index (χ2n) is 3.24. The maximum Gasteiger partial charge on any atom is 0.323 e. The van der Waals surface area contributed by atoms with E-state index in [1.807, 2.05) is 0 Å². The molecule has 0 fully saturated rings. The Morgan fingerprint density at radius 2 is 2.19 bits per heavy atom. The summed E-state index contributed by atoms with van der Waals surface area (Å²) < 4.78 is 0. The van der Waals surface area contributed by atoms with Crippen LogP contribution in [0.25, 0.3) is 0 Å². The first-order valence-corrected chi connectivity index (χ1v) is 4.60. The molecule has 1 aromatic carbocycles. The van der Waals surface area contributed by atoms with Gasteiger partial charge in [0.2, 0.25) is 0 Å². The number of aromatic nitrogens is 2. The number of anilines is 2. The number of carbonyl (C=O) groups excluding carboxylic acids is 1. The van der Waals surface area contributed by atoms with E-state index in [4.69, 9.17) is 5.73 Å². The van der Waals surface area contributed by atoms with Gasteiger partial charge in [-0.05, 0) is 18.2 Å². The molecule has 2 rings (SSSR count). The Kier molecular flexibility index (Phi) is 2.47. The lowest BCUT2D eigenvalue weighted by Gasteiger charge is -2.03. The molecular formula is C10H10N4O2. The standard InChI is InChI=1S/C10H10N4O2/c11-6-2-1-3-7(4-6)13-9(15)8-5-12-10(16)14-8/h1-5H,11H2,(H,13,15)(H2,12,14,16). The summed E-state index contributed by atoms with van der Waals surface area (Å²) in [4.78, 5) is 27.1. The summed E-state index contributed by atoms with van der Waals surface area (Å²) in [6.07, 6.45) is 1.31. The minimum absolute atomic E-state index is 0.174. The minimum atomic E-state index is -0.419. The summed E-state index contributed by atoms with van der Waals surface area (Å²) in [7, 11) is 0. The van der Waals surface area contributed by atoms with Gasteiger partial charge in [-0.15, -0.1) is 0 Å². The Balaban J connectivity index is 2.16. The van der Waals surface area contributed by atoms with Crippen molar-refractivity contribution >= 4 is 17.3 Å². The van der Waals surface area contributed by atoms with Gasteiger partial charge in [0.25, 0.3) is 5.91 Å². The number of imidazole rings is 1. The molecule has 5 N–H and O–H groups in total. The lowest BCUT2D eigenvalue weighted by Crippen LogP contribution is -2.14. The summed E-state index contributed by atoms with van der Waals surface area (Å²) in [5.74, 6) is -0.399. The van der Waals surface area contributed by atoms with Crippen molar-refractivity contribution in [3.63, 3.8) is 0 Å². The number of benzene rings is 1. The van der Waals surface area contributed by atoms with Crippen LogP contribution in [0.2, 0.25) is 0 Å². The van der Waals surface area contributed by atoms with E-state index < -0.39 is 11.6 Å². The van der Waals surface area contributed by atoms with Crippen molar-refractivity contribution in [1.29, 1.82) is 0 Å². The van der Waals surface area contributed by atoms with Crippen molar-refractivity contribution in [2.24, 2.45) is 0 Å². The molecule has 1 aromatic heterocycles. The number of aromatic amines is 2. The monoisotopic (exact) mass is 218 g/mol. The van der Waals surface area contributed by atoms with Crippen LogP contribution in [0.1, 0.15) is 10.5 Å². The van der Waals surface area contributed by atoms with Crippen molar-refractivity contribution in [3.8, 4) is 0 Å². The maximum atomic E-state index is 11.6. The predicted molar refractivity (Wildman–Crippen MR) is 60.2 cm³/mol. The predicted octanol–water partition coefficient (Wildman–Crippen LogP) is 0.537. The highest BCUT2D eigenvalue weighted by Gasteiger charge is 2.07. The number of rotatable bonds is 2. The van der Waals surface area contributed by atoms with Crippen LogP contribution >= 0.6 is 0 Å². The third-order valence-corrected chi connectivity index (χ3v) is 1.98. The molecular weight excluding hydrogens is 208 g/mol. The Morgan fingerprint density at radius 1 is 1.38 bits per heavy atom. The van der Waals surface area contributed by atoms with Gasteiger partial charge in [-0.1, -0.05) is 6.07 Å². The first-order valence-electron chi connectivity index (χ1n) is 4.60. The van der Waals surface area contributed by atoms with Crippen LogP contribution in [0.5, 0.6) is 0 Å². The fourth-order valence-corrected chi connectivity index (χ4v) is 1.27. The Labute approximate surface area is 90.5 Å². The summed E-state index contributed by atoms with van der Waals surface area (Å²) in [5, 5.41) is 2.60. The maximum absolute atomic E-state index is 11.6. The second kappa shape index (κ2) is 3.93. The first kappa shape index (κ1) is 10.0. The molecule has 0 spiro atoms. The van der Waals surface area contributed by atoms with Gasteiger partial charge in [-0.3, -0.25) is 4.79 Å². The summed E-state index contributed by atoms with van der Waals surface area (Å²) in [5.41, 5.74) is 6.45. The molecule has 2 aromatic rings. The topological polar surface area (TPSA) is 104 Å². The highest BCUT2D eigenvalue weighted by molar-refractivity contribution is 6.02. The van der Waals surface area contributed by atoms with Crippen LogP contribution < -0.4 is 16.7 Å². The number of nitrogens with two attached hydrogens (primary N) is 1. The van der Waals surface area contributed by atoms with Crippen LogP contribution in [0.4, 0.5) is 11.4 Å². The number of amides is 1. The van der Waals surface area contributed by atoms with E-state index in [9.17, 15) is 9.59 Å². The Hall–Kier alpha value is -2.50. The molecule has 0 bridgehead atoms. The van der Waals surface area contributed by atoms with Crippen LogP contribution in [0, 0.1) is 0 Å². The van der Waals surface area contributed by atoms with E-state index in [2.05, 4.69) is 15.3 Å². The Bertz CT molecular complexity index is 570. The van der Waals surface area contributed by atoms with Crippen molar-refractivity contribution < 1.29 is 4.79 Å². The Morgan fingerprint density at radius 3 is 2.81 bits per heavy atom. The number of hydrogen-bond acceptors (Lipinski definition) is 3. The van der Waals surface area contributed by atoms with E-state index in [1.165, 1.54) is 6.20 Å². The zero-order valence-corrected chi connectivity index (χ0v) is 8.28. The number of carbonyl (C=O) groups is 1. The van der Waals surface area contributed by atoms with E-state index in [0.717, 1.165) is 0 Å². The van der Waals surface area contributed by atoms with E-state index in [0.29, 0.717) is 11.4 Å². The van der Waals surface area contributed by atoms with E-state index in [-0.39, 0.29) is 5.69 Å². The quantitative estimate of drug-likeness (QED) is 0.553. The molecule has 1 heterocycles. The average Bonchev–Trinajstić information content (AvgIpc) is 2.65. The van der Waals surface area contributed by atoms with Gasteiger partial charge in [0.05, 0.1) is 0 Å². The number of H-pyrrole nitrogens is 2. The highest BCUT2D eigenvalue weighted by atomic mass is 16.2.